The van der Waals surface area contributed by atoms with Crippen LogP contribution in [-0.2, 0) is 9.47 Å². The molecule has 0 bridgehead atoms. The van der Waals surface area contributed by atoms with Gasteiger partial charge < -0.3 is 9.47 Å². The second kappa shape index (κ2) is 3.35. The topological polar surface area (TPSA) is 21.8 Å². The van der Waals surface area contributed by atoms with Gasteiger partial charge in [0.1, 0.15) is 0 Å². The molecule has 2 rings (SSSR count). The highest BCUT2D eigenvalue weighted by Gasteiger charge is 2.45. The number of epoxide rings is 1. The zero-order valence-electron chi connectivity index (χ0n) is 7.66. The van der Waals surface area contributed by atoms with Crippen LogP contribution in [0, 0.1) is 12.8 Å². The van der Waals surface area contributed by atoms with Crippen molar-refractivity contribution in [2.75, 3.05) is 7.11 Å². The fourth-order valence-corrected chi connectivity index (χ4v) is 2.32. The van der Waals surface area contributed by atoms with Crippen molar-refractivity contribution >= 4 is 0 Å². The normalized spacial score (nSPS) is 42.0. The van der Waals surface area contributed by atoms with Crippen LogP contribution in [0.2, 0.25) is 0 Å². The van der Waals surface area contributed by atoms with E-state index in [1.54, 1.807) is 7.11 Å². The summed E-state index contributed by atoms with van der Waals surface area (Å²) >= 11 is 0. The summed E-state index contributed by atoms with van der Waals surface area (Å²) in [7, 11) is 1.79. The Labute approximate surface area is 74.2 Å². The van der Waals surface area contributed by atoms with Crippen molar-refractivity contribution in [2.45, 2.75) is 44.0 Å². The van der Waals surface area contributed by atoms with Crippen molar-refractivity contribution in [2.24, 2.45) is 5.92 Å². The van der Waals surface area contributed by atoms with Gasteiger partial charge in [-0.05, 0) is 31.6 Å². The molecule has 4 unspecified atom stereocenters. The maximum absolute atomic E-state index is 5.47. The van der Waals surface area contributed by atoms with E-state index in [2.05, 4.69) is 6.92 Å². The first-order valence-electron chi connectivity index (χ1n) is 4.82. The molecule has 1 saturated carbocycles. The minimum atomic E-state index is 0.357. The molecule has 69 valence electrons. The number of hydrogen-bond acceptors (Lipinski definition) is 2. The molecule has 2 heteroatoms. The molecule has 12 heavy (non-hydrogen) atoms. The van der Waals surface area contributed by atoms with Gasteiger partial charge >= 0.3 is 0 Å². The van der Waals surface area contributed by atoms with Crippen molar-refractivity contribution in [3.8, 4) is 0 Å². The summed E-state index contributed by atoms with van der Waals surface area (Å²) in [5, 5.41) is 0. The molecular weight excluding hydrogens is 152 g/mol. The lowest BCUT2D eigenvalue weighted by molar-refractivity contribution is 0.0413. The average Bonchev–Trinajstić information content (AvgIpc) is 2.84. The lowest BCUT2D eigenvalue weighted by Gasteiger charge is -2.26. The van der Waals surface area contributed by atoms with Crippen LogP contribution in [0.3, 0.4) is 0 Å². The first-order chi connectivity index (χ1) is 5.85. The van der Waals surface area contributed by atoms with Crippen molar-refractivity contribution in [1.29, 1.82) is 0 Å². The first kappa shape index (κ1) is 8.52. The third-order valence-corrected chi connectivity index (χ3v) is 3.16. The summed E-state index contributed by atoms with van der Waals surface area (Å²) in [6, 6.07) is 0. The highest BCUT2D eigenvalue weighted by atomic mass is 16.6. The Morgan fingerprint density at radius 3 is 2.92 bits per heavy atom. The molecule has 0 aromatic rings. The van der Waals surface area contributed by atoms with Gasteiger partial charge in [0.2, 0.25) is 0 Å². The largest absolute Gasteiger partial charge is 0.381 e. The number of hydrogen-bond donors (Lipinski definition) is 0. The van der Waals surface area contributed by atoms with E-state index in [-0.39, 0.29) is 0 Å². The van der Waals surface area contributed by atoms with Gasteiger partial charge in [-0.25, -0.2) is 0 Å². The predicted molar refractivity (Wildman–Crippen MR) is 46.8 cm³/mol. The molecular formula is C10H17O2. The van der Waals surface area contributed by atoms with E-state index >= 15 is 0 Å². The van der Waals surface area contributed by atoms with Gasteiger partial charge in [0, 0.05) is 7.11 Å². The van der Waals surface area contributed by atoms with Crippen LogP contribution >= 0.6 is 0 Å². The van der Waals surface area contributed by atoms with Crippen LogP contribution in [0.15, 0.2) is 0 Å². The summed E-state index contributed by atoms with van der Waals surface area (Å²) in [6.45, 7) is 3.90. The number of methoxy groups -OCH3 is 1. The van der Waals surface area contributed by atoms with E-state index in [4.69, 9.17) is 9.47 Å². The summed E-state index contributed by atoms with van der Waals surface area (Å²) in [5.74, 6) is 0.691. The molecule has 0 aromatic carbocycles. The molecule has 4 atom stereocenters. The third kappa shape index (κ3) is 1.50. The van der Waals surface area contributed by atoms with Gasteiger partial charge in [-0.1, -0.05) is 6.92 Å². The molecule has 2 fully saturated rings. The van der Waals surface area contributed by atoms with Gasteiger partial charge in [0.15, 0.2) is 0 Å². The van der Waals surface area contributed by atoms with Crippen LogP contribution in [0.1, 0.15) is 25.7 Å². The minimum Gasteiger partial charge on any atom is -0.381 e. The van der Waals surface area contributed by atoms with E-state index in [9.17, 15) is 0 Å². The van der Waals surface area contributed by atoms with Gasteiger partial charge in [0.25, 0.3) is 0 Å². The molecule has 1 aliphatic heterocycles. The van der Waals surface area contributed by atoms with Crippen LogP contribution in [0.25, 0.3) is 0 Å². The van der Waals surface area contributed by atoms with E-state index in [0.29, 0.717) is 24.2 Å². The fourth-order valence-electron chi connectivity index (χ4n) is 2.32. The minimum absolute atomic E-state index is 0.357. The van der Waals surface area contributed by atoms with E-state index in [1.807, 2.05) is 0 Å². The standard InChI is InChI=1S/C10H17O2/c1-3-8(11-2)7-4-5-9-10(6-7)12-9/h7-10H,1,3-6H2,2H3. The number of ether oxygens (including phenoxy) is 2. The molecule has 0 spiro atoms. The third-order valence-electron chi connectivity index (χ3n) is 3.16. The quantitative estimate of drug-likeness (QED) is 0.601. The van der Waals surface area contributed by atoms with Crippen molar-refractivity contribution < 1.29 is 9.47 Å². The van der Waals surface area contributed by atoms with Crippen LogP contribution in [0.4, 0.5) is 0 Å². The maximum Gasteiger partial charge on any atom is 0.0845 e. The molecule has 1 heterocycles. The predicted octanol–water partition coefficient (Wildman–Crippen LogP) is 1.79. The zero-order valence-corrected chi connectivity index (χ0v) is 7.66. The zero-order chi connectivity index (χ0) is 8.55. The summed E-state index contributed by atoms with van der Waals surface area (Å²) in [5.41, 5.74) is 0. The summed E-state index contributed by atoms with van der Waals surface area (Å²) in [4.78, 5) is 0. The van der Waals surface area contributed by atoms with Gasteiger partial charge in [-0.2, -0.15) is 0 Å². The van der Waals surface area contributed by atoms with Crippen molar-refractivity contribution in [1.82, 2.24) is 0 Å². The first-order valence-corrected chi connectivity index (χ1v) is 4.82. The van der Waals surface area contributed by atoms with Crippen LogP contribution in [0.5, 0.6) is 0 Å². The smallest absolute Gasteiger partial charge is 0.0845 e. The van der Waals surface area contributed by atoms with Crippen LogP contribution in [-0.4, -0.2) is 25.4 Å². The molecule has 1 radical (unpaired) electrons. The molecule has 0 aromatic heterocycles. The second-order valence-corrected chi connectivity index (χ2v) is 3.85. The van der Waals surface area contributed by atoms with E-state index in [0.717, 1.165) is 6.42 Å². The highest BCUT2D eigenvalue weighted by Crippen LogP contribution is 2.41. The van der Waals surface area contributed by atoms with Crippen LogP contribution < -0.4 is 0 Å². The molecule has 0 N–H and O–H groups in total. The maximum atomic E-state index is 5.47. The van der Waals surface area contributed by atoms with Gasteiger partial charge in [0.05, 0.1) is 18.3 Å². The Kier molecular flexibility index (Phi) is 2.37. The molecule has 1 saturated heterocycles. The summed E-state index contributed by atoms with van der Waals surface area (Å²) in [6.07, 6.45) is 6.09. The van der Waals surface area contributed by atoms with Crippen molar-refractivity contribution in [3.05, 3.63) is 6.92 Å². The molecule has 1 aliphatic carbocycles. The monoisotopic (exact) mass is 169 g/mol. The van der Waals surface area contributed by atoms with Gasteiger partial charge in [-0.15, -0.1) is 0 Å². The van der Waals surface area contributed by atoms with Gasteiger partial charge in [-0.3, -0.25) is 0 Å². The number of rotatable bonds is 3. The lowest BCUT2D eigenvalue weighted by atomic mass is 9.84. The Morgan fingerprint density at radius 1 is 1.50 bits per heavy atom. The lowest BCUT2D eigenvalue weighted by Crippen LogP contribution is -2.27. The van der Waals surface area contributed by atoms with E-state index in [1.165, 1.54) is 19.3 Å². The SMILES string of the molecule is [CH2]CC(OC)C1CCC2OC2C1. The Balaban J connectivity index is 1.85. The highest BCUT2D eigenvalue weighted by molar-refractivity contribution is 4.94. The fraction of sp³-hybridized carbons (Fsp3) is 0.900. The summed E-state index contributed by atoms with van der Waals surface area (Å²) < 4.78 is 10.9. The Bertz CT molecular complexity index is 154. The number of fused-ring (bicyclic) bond motifs is 1. The average molecular weight is 169 g/mol. The van der Waals surface area contributed by atoms with Crippen molar-refractivity contribution in [3.63, 3.8) is 0 Å². The molecule has 2 nitrogen and oxygen atoms in total. The molecule has 0 amide bonds. The Hall–Kier alpha value is -0.0800. The Morgan fingerprint density at radius 2 is 2.33 bits per heavy atom. The van der Waals surface area contributed by atoms with E-state index < -0.39 is 0 Å². The second-order valence-electron chi connectivity index (χ2n) is 3.85. The molecule has 2 aliphatic rings.